The maximum atomic E-state index is 12.1. The monoisotopic (exact) mass is 286 g/mol. The number of allylic oxidation sites excluding steroid dienone is 1. The normalized spacial score (nSPS) is 11.0. The van der Waals surface area contributed by atoms with Crippen LogP contribution in [0, 0.1) is 11.3 Å². The van der Waals surface area contributed by atoms with Crippen LogP contribution in [0.2, 0.25) is 0 Å². The van der Waals surface area contributed by atoms with Gasteiger partial charge in [0, 0.05) is 5.56 Å². The quantitative estimate of drug-likeness (QED) is 0.664. The summed E-state index contributed by atoms with van der Waals surface area (Å²) in [7, 11) is 1.28. The van der Waals surface area contributed by atoms with Crippen molar-refractivity contribution in [2.24, 2.45) is 0 Å². The number of amides is 1. The summed E-state index contributed by atoms with van der Waals surface area (Å²) < 4.78 is 4.69. The number of hydrogen-bond acceptors (Lipinski definition) is 4. The number of methoxy groups -OCH3 is 1. The number of nitrogens with zero attached hydrogens (tertiary/aromatic N) is 1. The van der Waals surface area contributed by atoms with Gasteiger partial charge in [0.1, 0.15) is 6.04 Å². The van der Waals surface area contributed by atoms with E-state index in [9.17, 15) is 9.59 Å². The van der Waals surface area contributed by atoms with Crippen molar-refractivity contribution in [1.29, 1.82) is 5.26 Å². The summed E-state index contributed by atoms with van der Waals surface area (Å²) in [5.74, 6) is -0.869. The van der Waals surface area contributed by atoms with Gasteiger partial charge in [-0.1, -0.05) is 11.6 Å². The smallest absolute Gasteiger partial charge is 0.328 e. The molecule has 0 unspecified atom stereocenters. The first-order valence-corrected chi connectivity index (χ1v) is 6.50. The Balaban J connectivity index is 2.81. The van der Waals surface area contributed by atoms with Crippen LogP contribution in [0.4, 0.5) is 0 Å². The number of hydrogen-bond donors (Lipinski definition) is 1. The molecule has 0 fully saturated rings. The number of benzene rings is 1. The van der Waals surface area contributed by atoms with E-state index in [0.717, 1.165) is 5.57 Å². The third-order valence-corrected chi connectivity index (χ3v) is 2.83. The van der Waals surface area contributed by atoms with Gasteiger partial charge in [0.25, 0.3) is 5.91 Å². The van der Waals surface area contributed by atoms with Gasteiger partial charge < -0.3 is 10.1 Å². The number of esters is 1. The van der Waals surface area contributed by atoms with Crippen LogP contribution >= 0.6 is 0 Å². The minimum absolute atomic E-state index is 0.372. The van der Waals surface area contributed by atoms with Crippen molar-refractivity contribution in [3.63, 3.8) is 0 Å². The van der Waals surface area contributed by atoms with E-state index in [0.29, 0.717) is 17.5 Å². The van der Waals surface area contributed by atoms with E-state index in [4.69, 9.17) is 10.00 Å². The molecule has 0 saturated heterocycles. The third-order valence-electron chi connectivity index (χ3n) is 2.83. The predicted octanol–water partition coefficient (Wildman–Crippen LogP) is 2.19. The van der Waals surface area contributed by atoms with E-state index in [2.05, 4.69) is 5.32 Å². The summed E-state index contributed by atoms with van der Waals surface area (Å²) in [6.07, 6.45) is 2.23. The molecule has 0 heterocycles. The fourth-order valence-electron chi connectivity index (χ4n) is 1.65. The number of nitrogens with one attached hydrogen (secondary N) is 1. The standard InChI is InChI=1S/C16H18N2O3/c1-11(2)4-9-14(16(20)21-3)18-15(19)13-7-5-12(10-17)6-8-13/h4-8,14H,9H2,1-3H3,(H,18,19)/t14-/m0/s1. The second-order valence-electron chi connectivity index (χ2n) is 4.76. The maximum absolute atomic E-state index is 12.1. The third kappa shape index (κ3) is 5.11. The molecule has 1 aromatic rings. The lowest BCUT2D eigenvalue weighted by Gasteiger charge is -2.15. The van der Waals surface area contributed by atoms with Gasteiger partial charge in [0.2, 0.25) is 0 Å². The summed E-state index contributed by atoms with van der Waals surface area (Å²) in [5, 5.41) is 11.4. The Morgan fingerprint density at radius 2 is 1.95 bits per heavy atom. The number of carbonyl (C=O) groups is 2. The highest BCUT2D eigenvalue weighted by Crippen LogP contribution is 2.06. The average Bonchev–Trinajstić information content (AvgIpc) is 2.50. The first-order chi connectivity index (χ1) is 9.97. The highest BCUT2D eigenvalue weighted by atomic mass is 16.5. The number of carbonyl (C=O) groups excluding carboxylic acids is 2. The zero-order chi connectivity index (χ0) is 15.8. The lowest BCUT2D eigenvalue weighted by atomic mass is 10.1. The minimum atomic E-state index is -0.729. The van der Waals surface area contributed by atoms with Gasteiger partial charge in [-0.05, 0) is 44.5 Å². The summed E-state index contributed by atoms with van der Waals surface area (Å²) in [4.78, 5) is 23.8. The molecule has 110 valence electrons. The molecule has 0 saturated carbocycles. The van der Waals surface area contributed by atoms with E-state index >= 15 is 0 Å². The van der Waals surface area contributed by atoms with Crippen molar-refractivity contribution in [3.8, 4) is 6.07 Å². The fraction of sp³-hybridized carbons (Fsp3) is 0.312. The Morgan fingerprint density at radius 1 is 1.33 bits per heavy atom. The fourth-order valence-corrected chi connectivity index (χ4v) is 1.65. The molecule has 0 bridgehead atoms. The zero-order valence-corrected chi connectivity index (χ0v) is 12.3. The SMILES string of the molecule is COC(=O)[C@H](CC=C(C)C)NC(=O)c1ccc(C#N)cc1. The van der Waals surface area contributed by atoms with Crippen LogP contribution in [-0.4, -0.2) is 25.0 Å². The molecule has 0 radical (unpaired) electrons. The van der Waals surface area contributed by atoms with Crippen LogP contribution < -0.4 is 5.32 Å². The molecule has 0 aliphatic rings. The number of rotatable bonds is 5. The van der Waals surface area contributed by atoms with Crippen LogP contribution in [0.15, 0.2) is 35.9 Å². The van der Waals surface area contributed by atoms with Gasteiger partial charge in [0.05, 0.1) is 18.7 Å². The van der Waals surface area contributed by atoms with Crippen molar-refractivity contribution in [2.75, 3.05) is 7.11 Å². The summed E-state index contributed by atoms with van der Waals surface area (Å²) in [6.45, 7) is 3.83. The van der Waals surface area contributed by atoms with E-state index < -0.39 is 12.0 Å². The van der Waals surface area contributed by atoms with E-state index in [1.165, 1.54) is 7.11 Å². The molecule has 0 spiro atoms. The number of ether oxygens (including phenoxy) is 1. The molecule has 1 amide bonds. The highest BCUT2D eigenvalue weighted by Gasteiger charge is 2.20. The van der Waals surface area contributed by atoms with Crippen molar-refractivity contribution in [3.05, 3.63) is 47.0 Å². The van der Waals surface area contributed by atoms with Crippen molar-refractivity contribution < 1.29 is 14.3 Å². The Morgan fingerprint density at radius 3 is 2.43 bits per heavy atom. The van der Waals surface area contributed by atoms with Crippen LogP contribution in [-0.2, 0) is 9.53 Å². The predicted molar refractivity (Wildman–Crippen MR) is 78.5 cm³/mol. The molecular weight excluding hydrogens is 268 g/mol. The van der Waals surface area contributed by atoms with E-state index in [1.807, 2.05) is 26.0 Å². The summed E-state index contributed by atoms with van der Waals surface area (Å²) in [5.41, 5.74) is 1.91. The molecule has 1 atom stereocenters. The van der Waals surface area contributed by atoms with E-state index in [-0.39, 0.29) is 5.91 Å². The van der Waals surface area contributed by atoms with Crippen molar-refractivity contribution in [1.82, 2.24) is 5.32 Å². The van der Waals surface area contributed by atoms with Crippen molar-refractivity contribution >= 4 is 11.9 Å². The van der Waals surface area contributed by atoms with Crippen LogP contribution in [0.25, 0.3) is 0 Å². The summed E-state index contributed by atoms with van der Waals surface area (Å²) >= 11 is 0. The zero-order valence-electron chi connectivity index (χ0n) is 12.3. The second kappa shape index (κ2) is 7.85. The first-order valence-electron chi connectivity index (χ1n) is 6.50. The first kappa shape index (κ1) is 16.4. The Bertz CT molecular complexity index is 579. The minimum Gasteiger partial charge on any atom is -0.467 e. The van der Waals surface area contributed by atoms with Crippen molar-refractivity contribution in [2.45, 2.75) is 26.3 Å². The van der Waals surface area contributed by atoms with Gasteiger partial charge in [0.15, 0.2) is 0 Å². The molecule has 21 heavy (non-hydrogen) atoms. The van der Waals surface area contributed by atoms with Gasteiger partial charge in [-0.3, -0.25) is 4.79 Å². The Kier molecular flexibility index (Phi) is 6.15. The topological polar surface area (TPSA) is 79.2 Å². The molecule has 1 aromatic carbocycles. The lowest BCUT2D eigenvalue weighted by molar-refractivity contribution is -0.142. The average molecular weight is 286 g/mol. The van der Waals surface area contributed by atoms with Gasteiger partial charge >= 0.3 is 5.97 Å². The molecule has 0 aromatic heterocycles. The van der Waals surface area contributed by atoms with Crippen LogP contribution in [0.3, 0.4) is 0 Å². The molecular formula is C16H18N2O3. The second-order valence-corrected chi connectivity index (χ2v) is 4.76. The molecule has 0 aliphatic carbocycles. The Labute approximate surface area is 124 Å². The molecule has 0 aliphatic heterocycles. The molecule has 1 N–H and O–H groups in total. The molecule has 5 nitrogen and oxygen atoms in total. The van der Waals surface area contributed by atoms with Gasteiger partial charge in [-0.25, -0.2) is 4.79 Å². The van der Waals surface area contributed by atoms with Gasteiger partial charge in [-0.2, -0.15) is 5.26 Å². The Hall–Kier alpha value is -2.61. The summed E-state index contributed by atoms with van der Waals surface area (Å²) in [6, 6.07) is 7.45. The number of nitriles is 1. The maximum Gasteiger partial charge on any atom is 0.328 e. The molecule has 5 heteroatoms. The lowest BCUT2D eigenvalue weighted by Crippen LogP contribution is -2.41. The van der Waals surface area contributed by atoms with Crippen LogP contribution in [0.5, 0.6) is 0 Å². The largest absolute Gasteiger partial charge is 0.467 e. The van der Waals surface area contributed by atoms with Crippen LogP contribution in [0.1, 0.15) is 36.2 Å². The van der Waals surface area contributed by atoms with E-state index in [1.54, 1.807) is 24.3 Å². The molecule has 1 rings (SSSR count). The van der Waals surface area contributed by atoms with Gasteiger partial charge in [-0.15, -0.1) is 0 Å². The highest BCUT2D eigenvalue weighted by molar-refractivity contribution is 5.96.